The maximum atomic E-state index is 15.4. The van der Waals surface area contributed by atoms with Crippen LogP contribution in [0, 0.1) is 12.7 Å². The van der Waals surface area contributed by atoms with E-state index in [0.717, 1.165) is 36.6 Å². The Kier molecular flexibility index (Phi) is 6.30. The zero-order chi connectivity index (χ0) is 27.7. The Labute approximate surface area is 214 Å². The molecule has 1 aromatic heterocycles. The van der Waals surface area contributed by atoms with Crippen LogP contribution >= 0.6 is 0 Å². The monoisotopic (exact) mass is 514 g/mol. The first-order valence-electron chi connectivity index (χ1n) is 12.3. The average molecular weight is 515 g/mol. The summed E-state index contributed by atoms with van der Waals surface area (Å²) in [7, 11) is 0. The van der Waals surface area contributed by atoms with Crippen molar-refractivity contribution in [2.24, 2.45) is 0 Å². The fourth-order valence-corrected chi connectivity index (χ4v) is 4.90. The minimum atomic E-state index is -3.80. The van der Waals surface area contributed by atoms with E-state index in [9.17, 15) is 18.7 Å². The summed E-state index contributed by atoms with van der Waals surface area (Å²) in [6, 6.07) is 6.76. The smallest absolute Gasteiger partial charge is 0.303 e. The number of halogens is 3. The molecule has 3 aromatic rings. The fraction of sp³-hybridized carbons (Fsp3) is 0.464. The van der Waals surface area contributed by atoms with Gasteiger partial charge < -0.3 is 15.3 Å². The molecule has 2 N–H and O–H groups in total. The molecule has 6 nitrogen and oxygen atoms in total. The molecular formula is C28H33F3N4O2. The van der Waals surface area contributed by atoms with Crippen LogP contribution in [0.4, 0.5) is 24.7 Å². The largest absolute Gasteiger partial charge is 0.384 e. The number of nitrogens with one attached hydrogen (secondary N) is 1. The second-order valence-corrected chi connectivity index (χ2v) is 11.2. The van der Waals surface area contributed by atoms with Crippen molar-refractivity contribution in [1.29, 1.82) is 0 Å². The van der Waals surface area contributed by atoms with Crippen molar-refractivity contribution in [2.75, 3.05) is 10.2 Å². The van der Waals surface area contributed by atoms with Gasteiger partial charge in [-0.2, -0.15) is 13.9 Å². The predicted octanol–water partition coefficient (Wildman–Crippen LogP) is 6.15. The van der Waals surface area contributed by atoms with E-state index in [4.69, 9.17) is 0 Å². The molecule has 1 aliphatic heterocycles. The maximum Gasteiger partial charge on any atom is 0.303 e. The number of nitrogens with zero attached hydrogens (tertiary/aromatic N) is 3. The molecule has 2 heterocycles. The number of aryl methyl sites for hydroxylation is 1. The summed E-state index contributed by atoms with van der Waals surface area (Å²) in [6.07, 6.45) is 0. The first kappa shape index (κ1) is 26.9. The lowest BCUT2D eigenvalue weighted by atomic mass is 9.85. The molecule has 0 radical (unpaired) electrons. The number of hydrogen-bond donors (Lipinski definition) is 2. The third-order valence-electron chi connectivity index (χ3n) is 7.24. The van der Waals surface area contributed by atoms with Gasteiger partial charge in [-0.3, -0.25) is 4.79 Å². The highest BCUT2D eigenvalue weighted by Gasteiger charge is 2.49. The van der Waals surface area contributed by atoms with Gasteiger partial charge in [0, 0.05) is 28.1 Å². The van der Waals surface area contributed by atoms with Gasteiger partial charge in [0.25, 0.3) is 0 Å². The van der Waals surface area contributed by atoms with Crippen molar-refractivity contribution >= 4 is 28.2 Å². The Bertz CT molecular complexity index is 1400. The summed E-state index contributed by atoms with van der Waals surface area (Å²) in [5.74, 6) is -4.56. The number of anilines is 2. The van der Waals surface area contributed by atoms with E-state index in [-0.39, 0.29) is 17.5 Å². The number of rotatable bonds is 6. The van der Waals surface area contributed by atoms with E-state index in [0.29, 0.717) is 16.9 Å². The van der Waals surface area contributed by atoms with E-state index in [1.165, 1.54) is 12.1 Å². The normalized spacial score (nSPS) is 16.5. The summed E-state index contributed by atoms with van der Waals surface area (Å²) in [5, 5.41) is 23.1. The van der Waals surface area contributed by atoms with Crippen LogP contribution < -0.4 is 10.2 Å². The third kappa shape index (κ3) is 4.13. The SMILES string of the molecule is Cc1nnc(N[C@H](C)c2cccc(C(F)(F)C(C)(C)O)c2F)c2cc3c(cc12)C(C)(C)C(=O)N3C(C)C. The lowest BCUT2D eigenvalue weighted by Crippen LogP contribution is -2.41. The van der Waals surface area contributed by atoms with Crippen LogP contribution in [0.3, 0.4) is 0 Å². The Hall–Kier alpha value is -3.20. The van der Waals surface area contributed by atoms with Gasteiger partial charge in [-0.25, -0.2) is 4.39 Å². The van der Waals surface area contributed by atoms with Gasteiger partial charge in [0.05, 0.1) is 22.7 Å². The molecule has 0 saturated heterocycles. The molecule has 2 aromatic carbocycles. The van der Waals surface area contributed by atoms with Crippen LogP contribution in [-0.4, -0.2) is 32.9 Å². The lowest BCUT2D eigenvalue weighted by Gasteiger charge is -2.30. The van der Waals surface area contributed by atoms with Crippen molar-refractivity contribution in [2.45, 2.75) is 84.4 Å². The van der Waals surface area contributed by atoms with E-state index in [1.807, 2.05) is 46.8 Å². The minimum absolute atomic E-state index is 0.000812. The van der Waals surface area contributed by atoms with Crippen LogP contribution in [0.2, 0.25) is 0 Å². The molecule has 37 heavy (non-hydrogen) atoms. The van der Waals surface area contributed by atoms with Gasteiger partial charge >= 0.3 is 5.92 Å². The van der Waals surface area contributed by atoms with Gasteiger partial charge in [-0.1, -0.05) is 12.1 Å². The number of hydrogen-bond acceptors (Lipinski definition) is 5. The number of fused-ring (bicyclic) bond motifs is 2. The maximum absolute atomic E-state index is 15.4. The van der Waals surface area contributed by atoms with Crippen LogP contribution in [0.15, 0.2) is 30.3 Å². The van der Waals surface area contributed by atoms with Crippen molar-refractivity contribution in [3.63, 3.8) is 0 Å². The van der Waals surface area contributed by atoms with Gasteiger partial charge in [-0.05, 0) is 79.2 Å². The Balaban J connectivity index is 1.81. The molecule has 9 heteroatoms. The topological polar surface area (TPSA) is 78.4 Å². The summed E-state index contributed by atoms with van der Waals surface area (Å²) in [4.78, 5) is 15.0. The molecular weight excluding hydrogens is 481 g/mol. The summed E-state index contributed by atoms with van der Waals surface area (Å²) in [5.41, 5.74) is -1.70. The number of amides is 1. The number of aromatic nitrogens is 2. The van der Waals surface area contributed by atoms with E-state index >= 15 is 4.39 Å². The van der Waals surface area contributed by atoms with Crippen LogP contribution in [0.25, 0.3) is 10.8 Å². The molecule has 198 valence electrons. The van der Waals surface area contributed by atoms with Gasteiger partial charge in [-0.15, -0.1) is 5.10 Å². The van der Waals surface area contributed by atoms with Gasteiger partial charge in [0.2, 0.25) is 5.91 Å². The highest BCUT2D eigenvalue weighted by Crippen LogP contribution is 2.46. The van der Waals surface area contributed by atoms with Crippen molar-refractivity contribution in [3.05, 3.63) is 58.5 Å². The molecule has 0 aliphatic carbocycles. The number of carbonyl (C=O) groups excluding carboxylic acids is 1. The second kappa shape index (κ2) is 8.68. The average Bonchev–Trinajstić information content (AvgIpc) is 2.99. The van der Waals surface area contributed by atoms with E-state index in [1.54, 1.807) is 11.8 Å². The quantitative estimate of drug-likeness (QED) is 0.413. The summed E-state index contributed by atoms with van der Waals surface area (Å²) >= 11 is 0. The van der Waals surface area contributed by atoms with E-state index in [2.05, 4.69) is 15.5 Å². The van der Waals surface area contributed by atoms with Gasteiger partial charge in [0.1, 0.15) is 11.4 Å². The van der Waals surface area contributed by atoms with Crippen LogP contribution in [-0.2, 0) is 16.1 Å². The highest BCUT2D eigenvalue weighted by atomic mass is 19.3. The Morgan fingerprint density at radius 2 is 1.73 bits per heavy atom. The standard InChI is InChI=1S/C28H33F3N4O2/c1-14(2)35-22-13-19-18(12-21(22)26(5,6)25(35)36)16(4)33-34-24(19)32-15(3)17-10-9-11-20(23(17)29)28(30,31)27(7,8)37/h9-15,37H,1-8H3,(H,32,34)/t15-/m1/s1. The van der Waals surface area contributed by atoms with Crippen LogP contribution in [0.5, 0.6) is 0 Å². The number of alkyl halides is 2. The van der Waals surface area contributed by atoms with Crippen molar-refractivity contribution in [1.82, 2.24) is 10.2 Å². The Morgan fingerprint density at radius 1 is 1.08 bits per heavy atom. The van der Waals surface area contributed by atoms with Crippen LogP contribution in [0.1, 0.15) is 76.9 Å². The zero-order valence-electron chi connectivity index (χ0n) is 22.4. The molecule has 0 unspecified atom stereocenters. The van der Waals surface area contributed by atoms with Gasteiger partial charge in [0.15, 0.2) is 5.82 Å². The summed E-state index contributed by atoms with van der Waals surface area (Å²) in [6.45, 7) is 13.0. The zero-order valence-corrected chi connectivity index (χ0v) is 22.4. The van der Waals surface area contributed by atoms with Crippen molar-refractivity contribution < 1.29 is 23.1 Å². The molecule has 1 atom stereocenters. The minimum Gasteiger partial charge on any atom is -0.384 e. The molecule has 1 amide bonds. The molecule has 0 spiro atoms. The third-order valence-corrected chi connectivity index (χ3v) is 7.24. The predicted molar refractivity (Wildman–Crippen MR) is 139 cm³/mol. The highest BCUT2D eigenvalue weighted by molar-refractivity contribution is 6.11. The first-order valence-corrected chi connectivity index (χ1v) is 12.3. The molecule has 0 bridgehead atoms. The first-order chi connectivity index (χ1) is 17.0. The lowest BCUT2D eigenvalue weighted by molar-refractivity contribution is -0.170. The number of benzene rings is 2. The summed E-state index contributed by atoms with van der Waals surface area (Å²) < 4.78 is 45.0. The Morgan fingerprint density at radius 3 is 2.32 bits per heavy atom. The van der Waals surface area contributed by atoms with E-state index < -0.39 is 34.4 Å². The molecule has 0 saturated carbocycles. The second-order valence-electron chi connectivity index (χ2n) is 11.2. The fourth-order valence-electron chi connectivity index (χ4n) is 4.90. The molecule has 4 rings (SSSR count). The van der Waals surface area contributed by atoms with Crippen molar-refractivity contribution in [3.8, 4) is 0 Å². The number of aliphatic hydroxyl groups is 1. The molecule has 1 aliphatic rings. The number of carbonyl (C=O) groups is 1. The molecule has 0 fully saturated rings.